The van der Waals surface area contributed by atoms with Crippen molar-refractivity contribution in [1.82, 2.24) is 0 Å². The lowest BCUT2D eigenvalue weighted by Crippen LogP contribution is -2.20. The fourth-order valence-corrected chi connectivity index (χ4v) is 1.43. The first-order valence-electron chi connectivity index (χ1n) is 4.92. The van der Waals surface area contributed by atoms with Crippen LogP contribution in [-0.2, 0) is 9.53 Å². The van der Waals surface area contributed by atoms with E-state index >= 15 is 0 Å². The van der Waals surface area contributed by atoms with Gasteiger partial charge in [-0.1, -0.05) is 42.1 Å². The van der Waals surface area contributed by atoms with Crippen LogP contribution in [-0.4, -0.2) is 16.9 Å². The van der Waals surface area contributed by atoms with Crippen molar-refractivity contribution >= 4 is 21.9 Å². The molecule has 1 atom stereocenters. The van der Waals surface area contributed by atoms with Gasteiger partial charge in [0, 0.05) is 0 Å². The molecule has 13 heavy (non-hydrogen) atoms. The minimum Gasteiger partial charge on any atom is -0.462 e. The molecule has 0 bridgehead atoms. The molecule has 0 amide bonds. The van der Waals surface area contributed by atoms with Gasteiger partial charge in [-0.25, -0.2) is 0 Å². The number of rotatable bonds is 6. The molecule has 0 aromatic carbocycles. The van der Waals surface area contributed by atoms with Gasteiger partial charge in [0.1, 0.15) is 4.83 Å². The van der Waals surface area contributed by atoms with Crippen LogP contribution in [0.1, 0.15) is 46.5 Å². The average molecular weight is 251 g/mol. The molecule has 0 aliphatic heterocycles. The van der Waals surface area contributed by atoms with Crippen LogP contribution >= 0.6 is 15.9 Å². The van der Waals surface area contributed by atoms with Crippen molar-refractivity contribution in [1.29, 1.82) is 0 Å². The molecule has 0 rings (SSSR count). The number of carbonyl (C=O) groups excluding carboxylic acids is 1. The number of halogens is 1. The van der Waals surface area contributed by atoms with Gasteiger partial charge < -0.3 is 4.74 Å². The first-order chi connectivity index (χ1) is 6.07. The lowest BCUT2D eigenvalue weighted by Gasteiger charge is -2.12. The van der Waals surface area contributed by atoms with E-state index in [0.717, 1.165) is 12.8 Å². The van der Waals surface area contributed by atoms with E-state index in [0.29, 0.717) is 0 Å². The topological polar surface area (TPSA) is 26.3 Å². The highest BCUT2D eigenvalue weighted by Gasteiger charge is 2.16. The summed E-state index contributed by atoms with van der Waals surface area (Å²) in [7, 11) is 0. The van der Waals surface area contributed by atoms with Crippen LogP contribution in [0.15, 0.2) is 0 Å². The maximum absolute atomic E-state index is 11.3. The highest BCUT2D eigenvalue weighted by molar-refractivity contribution is 9.10. The number of carbonyl (C=O) groups is 1. The molecule has 0 aliphatic rings. The van der Waals surface area contributed by atoms with Gasteiger partial charge in [0.25, 0.3) is 0 Å². The number of esters is 1. The van der Waals surface area contributed by atoms with E-state index in [1.54, 1.807) is 0 Å². The van der Waals surface area contributed by atoms with Crippen molar-refractivity contribution in [2.24, 2.45) is 0 Å². The molecule has 0 aromatic rings. The summed E-state index contributed by atoms with van der Waals surface area (Å²) in [5.41, 5.74) is 0. The Balaban J connectivity index is 3.57. The normalized spacial score (nSPS) is 13.0. The second kappa shape index (κ2) is 7.36. The molecule has 0 N–H and O–H groups in total. The van der Waals surface area contributed by atoms with Crippen LogP contribution in [0.2, 0.25) is 0 Å². The summed E-state index contributed by atoms with van der Waals surface area (Å²) in [5, 5.41) is 0. The highest BCUT2D eigenvalue weighted by Crippen LogP contribution is 2.13. The zero-order chi connectivity index (χ0) is 10.3. The van der Waals surface area contributed by atoms with Crippen molar-refractivity contribution in [3.05, 3.63) is 0 Å². The molecule has 0 saturated carbocycles. The number of ether oxygens (including phenoxy) is 1. The Kier molecular flexibility index (Phi) is 7.33. The Bertz CT molecular complexity index is 146. The van der Waals surface area contributed by atoms with E-state index in [1.807, 2.05) is 13.8 Å². The molecule has 0 radical (unpaired) electrons. The summed E-state index contributed by atoms with van der Waals surface area (Å²) in [6.45, 7) is 5.88. The lowest BCUT2D eigenvalue weighted by molar-refractivity contribution is -0.146. The standard InChI is InChI=1S/C10H19BrO2/c1-4-5-6-7-9(11)10(12)13-8(2)3/h8-9H,4-7H2,1-3H3/t9-/m0/s1. The maximum atomic E-state index is 11.3. The molecule has 0 aliphatic carbocycles. The third kappa shape index (κ3) is 7.05. The SMILES string of the molecule is CCCCC[C@H](Br)C(=O)OC(C)C. The molecule has 0 unspecified atom stereocenters. The highest BCUT2D eigenvalue weighted by atomic mass is 79.9. The number of unbranched alkanes of at least 4 members (excludes halogenated alkanes) is 2. The van der Waals surface area contributed by atoms with E-state index in [-0.39, 0.29) is 16.9 Å². The van der Waals surface area contributed by atoms with E-state index in [2.05, 4.69) is 22.9 Å². The van der Waals surface area contributed by atoms with Crippen LogP contribution in [0.3, 0.4) is 0 Å². The van der Waals surface area contributed by atoms with Crippen molar-refractivity contribution in [3.8, 4) is 0 Å². The van der Waals surface area contributed by atoms with Crippen molar-refractivity contribution in [2.45, 2.75) is 57.4 Å². The van der Waals surface area contributed by atoms with Gasteiger partial charge in [0.05, 0.1) is 6.10 Å². The van der Waals surface area contributed by atoms with Crippen LogP contribution in [0.4, 0.5) is 0 Å². The molecule has 0 heterocycles. The molecule has 0 aromatic heterocycles. The van der Waals surface area contributed by atoms with Gasteiger partial charge in [-0.15, -0.1) is 0 Å². The van der Waals surface area contributed by atoms with Crippen molar-refractivity contribution in [3.63, 3.8) is 0 Å². The quantitative estimate of drug-likeness (QED) is 0.411. The minimum atomic E-state index is -0.133. The van der Waals surface area contributed by atoms with E-state index < -0.39 is 0 Å². The zero-order valence-corrected chi connectivity index (χ0v) is 10.3. The lowest BCUT2D eigenvalue weighted by atomic mass is 10.1. The van der Waals surface area contributed by atoms with Gasteiger partial charge in [-0.3, -0.25) is 4.79 Å². The Hall–Kier alpha value is -0.0500. The first kappa shape index (κ1) is 12.9. The fourth-order valence-electron chi connectivity index (χ4n) is 0.998. The first-order valence-corrected chi connectivity index (χ1v) is 5.84. The van der Waals surface area contributed by atoms with Crippen molar-refractivity contribution in [2.75, 3.05) is 0 Å². The summed E-state index contributed by atoms with van der Waals surface area (Å²) in [6.07, 6.45) is 4.30. The van der Waals surface area contributed by atoms with Crippen molar-refractivity contribution < 1.29 is 9.53 Å². The van der Waals surface area contributed by atoms with Crippen LogP contribution in [0.25, 0.3) is 0 Å². The minimum absolute atomic E-state index is 0.0151. The van der Waals surface area contributed by atoms with Gasteiger partial charge in [0.2, 0.25) is 0 Å². The van der Waals surface area contributed by atoms with E-state index in [4.69, 9.17) is 4.74 Å². The number of alkyl halides is 1. The number of hydrogen-bond donors (Lipinski definition) is 0. The van der Waals surface area contributed by atoms with E-state index in [9.17, 15) is 4.79 Å². The Morgan fingerprint density at radius 3 is 2.46 bits per heavy atom. The molecule has 78 valence electrons. The predicted octanol–water partition coefficient (Wildman–Crippen LogP) is 3.28. The third-order valence-corrected chi connectivity index (χ3v) is 2.50. The molecule has 0 saturated heterocycles. The van der Waals surface area contributed by atoms with Gasteiger partial charge in [-0.2, -0.15) is 0 Å². The molecule has 0 fully saturated rings. The largest absolute Gasteiger partial charge is 0.462 e. The maximum Gasteiger partial charge on any atom is 0.319 e. The molecule has 3 heteroatoms. The number of hydrogen-bond acceptors (Lipinski definition) is 2. The summed E-state index contributed by atoms with van der Waals surface area (Å²) in [6, 6.07) is 0. The molecular weight excluding hydrogens is 232 g/mol. The van der Waals surface area contributed by atoms with Crippen LogP contribution in [0.5, 0.6) is 0 Å². The van der Waals surface area contributed by atoms with Gasteiger partial charge in [-0.05, 0) is 20.3 Å². The van der Waals surface area contributed by atoms with Crippen LogP contribution in [0, 0.1) is 0 Å². The van der Waals surface area contributed by atoms with Gasteiger partial charge in [0.15, 0.2) is 0 Å². The Labute approximate surface area is 89.2 Å². The second-order valence-corrected chi connectivity index (χ2v) is 4.55. The Morgan fingerprint density at radius 2 is 2.00 bits per heavy atom. The summed E-state index contributed by atoms with van der Waals surface area (Å²) < 4.78 is 5.06. The second-order valence-electron chi connectivity index (χ2n) is 3.45. The molecule has 2 nitrogen and oxygen atoms in total. The summed E-state index contributed by atoms with van der Waals surface area (Å²) in [4.78, 5) is 11.2. The third-order valence-electron chi connectivity index (χ3n) is 1.67. The average Bonchev–Trinajstić information content (AvgIpc) is 2.03. The molecular formula is C10H19BrO2. The van der Waals surface area contributed by atoms with Crippen LogP contribution < -0.4 is 0 Å². The predicted molar refractivity (Wildman–Crippen MR) is 58.1 cm³/mol. The monoisotopic (exact) mass is 250 g/mol. The van der Waals surface area contributed by atoms with E-state index in [1.165, 1.54) is 12.8 Å². The molecule has 0 spiro atoms. The van der Waals surface area contributed by atoms with Gasteiger partial charge >= 0.3 is 5.97 Å². The fraction of sp³-hybridized carbons (Fsp3) is 0.900. The summed E-state index contributed by atoms with van der Waals surface area (Å²) >= 11 is 3.33. The zero-order valence-electron chi connectivity index (χ0n) is 8.68. The summed E-state index contributed by atoms with van der Waals surface area (Å²) in [5.74, 6) is -0.133. The Morgan fingerprint density at radius 1 is 1.38 bits per heavy atom. The smallest absolute Gasteiger partial charge is 0.319 e.